The first kappa shape index (κ1) is 10.5. The van der Waals surface area contributed by atoms with E-state index in [1.165, 1.54) is 0 Å². The standard InChI is InChI=1S/C10H14N2O2/c1-3-14-10(13)12-8(2)9-4-6-11-7-5-9/h4-8H,3H2,1-2H3,(H,12,13). The normalized spacial score (nSPS) is 11.9. The Kier molecular flexibility index (Phi) is 3.91. The van der Waals surface area contributed by atoms with E-state index in [2.05, 4.69) is 10.3 Å². The maximum absolute atomic E-state index is 11.1. The molecule has 0 saturated carbocycles. The average Bonchev–Trinajstić information content (AvgIpc) is 2.19. The third kappa shape index (κ3) is 3.05. The van der Waals surface area contributed by atoms with Gasteiger partial charge in [-0.05, 0) is 31.5 Å². The van der Waals surface area contributed by atoms with Crippen molar-refractivity contribution in [2.45, 2.75) is 19.9 Å². The van der Waals surface area contributed by atoms with Gasteiger partial charge in [0.05, 0.1) is 12.6 Å². The van der Waals surface area contributed by atoms with Gasteiger partial charge in [-0.25, -0.2) is 4.79 Å². The number of rotatable bonds is 3. The molecule has 1 heterocycles. The van der Waals surface area contributed by atoms with E-state index in [1.807, 2.05) is 19.1 Å². The first-order valence-electron chi connectivity index (χ1n) is 4.57. The van der Waals surface area contributed by atoms with Crippen molar-refractivity contribution in [3.05, 3.63) is 30.1 Å². The molecule has 0 aromatic carbocycles. The molecule has 0 radical (unpaired) electrons. The maximum atomic E-state index is 11.1. The molecule has 0 spiro atoms. The van der Waals surface area contributed by atoms with Gasteiger partial charge in [0.1, 0.15) is 0 Å². The number of alkyl carbamates (subject to hydrolysis) is 1. The molecule has 1 rings (SSSR count). The fraction of sp³-hybridized carbons (Fsp3) is 0.400. The molecule has 14 heavy (non-hydrogen) atoms. The molecule has 0 aliphatic heterocycles. The number of ether oxygens (including phenoxy) is 1. The van der Waals surface area contributed by atoms with Gasteiger partial charge in [0.15, 0.2) is 0 Å². The third-order valence-corrected chi connectivity index (χ3v) is 1.82. The average molecular weight is 194 g/mol. The van der Waals surface area contributed by atoms with Crippen LogP contribution in [0.2, 0.25) is 0 Å². The predicted molar refractivity (Wildman–Crippen MR) is 52.8 cm³/mol. The van der Waals surface area contributed by atoms with E-state index >= 15 is 0 Å². The maximum Gasteiger partial charge on any atom is 0.407 e. The van der Waals surface area contributed by atoms with Gasteiger partial charge in [-0.3, -0.25) is 4.98 Å². The van der Waals surface area contributed by atoms with E-state index in [0.717, 1.165) is 5.56 Å². The molecule has 1 aromatic rings. The van der Waals surface area contributed by atoms with Crippen LogP contribution in [0.4, 0.5) is 4.79 Å². The summed E-state index contributed by atoms with van der Waals surface area (Å²) in [7, 11) is 0. The Morgan fingerprint density at radius 3 is 2.79 bits per heavy atom. The fourth-order valence-corrected chi connectivity index (χ4v) is 1.08. The molecule has 0 fully saturated rings. The van der Waals surface area contributed by atoms with Crippen LogP contribution in [0, 0.1) is 0 Å². The number of aromatic nitrogens is 1. The lowest BCUT2D eigenvalue weighted by Crippen LogP contribution is -2.27. The first-order chi connectivity index (χ1) is 6.74. The highest BCUT2D eigenvalue weighted by molar-refractivity contribution is 5.67. The van der Waals surface area contributed by atoms with Crippen LogP contribution in [-0.4, -0.2) is 17.7 Å². The van der Waals surface area contributed by atoms with E-state index < -0.39 is 6.09 Å². The van der Waals surface area contributed by atoms with E-state index in [9.17, 15) is 4.79 Å². The van der Waals surface area contributed by atoms with Crippen molar-refractivity contribution in [2.75, 3.05) is 6.61 Å². The number of nitrogens with one attached hydrogen (secondary N) is 1. The van der Waals surface area contributed by atoms with Crippen molar-refractivity contribution in [3.8, 4) is 0 Å². The highest BCUT2D eigenvalue weighted by atomic mass is 16.5. The minimum Gasteiger partial charge on any atom is -0.450 e. The van der Waals surface area contributed by atoms with Crippen LogP contribution in [0.3, 0.4) is 0 Å². The summed E-state index contributed by atoms with van der Waals surface area (Å²) in [5.74, 6) is 0. The summed E-state index contributed by atoms with van der Waals surface area (Å²) in [6.07, 6.45) is 2.99. The highest BCUT2D eigenvalue weighted by Crippen LogP contribution is 2.09. The number of amides is 1. The largest absolute Gasteiger partial charge is 0.450 e. The fourth-order valence-electron chi connectivity index (χ4n) is 1.08. The number of nitrogens with zero attached hydrogens (tertiary/aromatic N) is 1. The van der Waals surface area contributed by atoms with Crippen LogP contribution >= 0.6 is 0 Å². The molecule has 0 bridgehead atoms. The monoisotopic (exact) mass is 194 g/mol. The zero-order valence-corrected chi connectivity index (χ0v) is 8.36. The summed E-state index contributed by atoms with van der Waals surface area (Å²) in [4.78, 5) is 15.0. The third-order valence-electron chi connectivity index (χ3n) is 1.82. The predicted octanol–water partition coefficient (Wildman–Crippen LogP) is 1.89. The first-order valence-corrected chi connectivity index (χ1v) is 4.57. The molecule has 1 amide bonds. The molecule has 76 valence electrons. The van der Waals surface area contributed by atoms with Gasteiger partial charge in [-0.2, -0.15) is 0 Å². The Bertz CT molecular complexity index is 287. The minimum absolute atomic E-state index is 0.0583. The SMILES string of the molecule is CCOC(=O)NC(C)c1ccncc1. The van der Waals surface area contributed by atoms with Crippen molar-refractivity contribution < 1.29 is 9.53 Å². The number of hydrogen-bond donors (Lipinski definition) is 1. The van der Waals surface area contributed by atoms with Crippen LogP contribution < -0.4 is 5.32 Å². The Morgan fingerprint density at radius 1 is 1.57 bits per heavy atom. The zero-order valence-electron chi connectivity index (χ0n) is 8.36. The number of carbonyl (C=O) groups excluding carboxylic acids is 1. The number of pyridine rings is 1. The lowest BCUT2D eigenvalue weighted by Gasteiger charge is -2.13. The summed E-state index contributed by atoms with van der Waals surface area (Å²) in [6, 6.07) is 3.66. The van der Waals surface area contributed by atoms with Crippen molar-refractivity contribution in [1.29, 1.82) is 0 Å². The van der Waals surface area contributed by atoms with E-state index in [4.69, 9.17) is 4.74 Å². The van der Waals surface area contributed by atoms with Crippen LogP contribution in [0.15, 0.2) is 24.5 Å². The lowest BCUT2D eigenvalue weighted by molar-refractivity contribution is 0.149. The second-order valence-electron chi connectivity index (χ2n) is 2.87. The molecule has 4 nitrogen and oxygen atoms in total. The topological polar surface area (TPSA) is 51.2 Å². The zero-order chi connectivity index (χ0) is 10.4. The van der Waals surface area contributed by atoms with Gasteiger partial charge in [-0.1, -0.05) is 0 Å². The molecule has 1 atom stereocenters. The summed E-state index contributed by atoms with van der Waals surface area (Å²) in [5.41, 5.74) is 1.01. The molecule has 0 saturated heterocycles. The molecule has 1 N–H and O–H groups in total. The van der Waals surface area contributed by atoms with Crippen molar-refractivity contribution in [2.24, 2.45) is 0 Å². The van der Waals surface area contributed by atoms with Crippen molar-refractivity contribution >= 4 is 6.09 Å². The van der Waals surface area contributed by atoms with Crippen molar-refractivity contribution in [3.63, 3.8) is 0 Å². The van der Waals surface area contributed by atoms with Gasteiger partial charge < -0.3 is 10.1 Å². The lowest BCUT2D eigenvalue weighted by atomic mass is 10.1. The molecule has 1 unspecified atom stereocenters. The van der Waals surface area contributed by atoms with Crippen LogP contribution in [-0.2, 0) is 4.74 Å². The van der Waals surface area contributed by atoms with Crippen molar-refractivity contribution in [1.82, 2.24) is 10.3 Å². The minimum atomic E-state index is -0.392. The second-order valence-corrected chi connectivity index (χ2v) is 2.87. The number of carbonyl (C=O) groups is 1. The Morgan fingerprint density at radius 2 is 2.21 bits per heavy atom. The molecular weight excluding hydrogens is 180 g/mol. The van der Waals surface area contributed by atoms with Crippen LogP contribution in [0.5, 0.6) is 0 Å². The van der Waals surface area contributed by atoms with E-state index in [0.29, 0.717) is 6.61 Å². The molecule has 0 aliphatic carbocycles. The van der Waals surface area contributed by atoms with Gasteiger partial charge in [0, 0.05) is 12.4 Å². The van der Waals surface area contributed by atoms with E-state index in [1.54, 1.807) is 19.3 Å². The van der Waals surface area contributed by atoms with Gasteiger partial charge in [0.25, 0.3) is 0 Å². The van der Waals surface area contributed by atoms with Crippen LogP contribution in [0.1, 0.15) is 25.5 Å². The smallest absolute Gasteiger partial charge is 0.407 e. The highest BCUT2D eigenvalue weighted by Gasteiger charge is 2.08. The van der Waals surface area contributed by atoms with Crippen LogP contribution in [0.25, 0.3) is 0 Å². The summed E-state index contributed by atoms with van der Waals surface area (Å²) >= 11 is 0. The quantitative estimate of drug-likeness (QED) is 0.799. The summed E-state index contributed by atoms with van der Waals surface area (Å²) < 4.78 is 4.77. The van der Waals surface area contributed by atoms with E-state index in [-0.39, 0.29) is 6.04 Å². The van der Waals surface area contributed by atoms with Gasteiger partial charge in [-0.15, -0.1) is 0 Å². The summed E-state index contributed by atoms with van der Waals surface area (Å²) in [5, 5.41) is 2.71. The molecular formula is C10H14N2O2. The molecule has 0 aliphatic rings. The summed E-state index contributed by atoms with van der Waals surface area (Å²) in [6.45, 7) is 4.05. The molecule has 1 aromatic heterocycles. The van der Waals surface area contributed by atoms with Gasteiger partial charge >= 0.3 is 6.09 Å². The second kappa shape index (κ2) is 5.21. The Balaban J connectivity index is 2.50. The Hall–Kier alpha value is -1.58. The van der Waals surface area contributed by atoms with Gasteiger partial charge in [0.2, 0.25) is 0 Å². The Labute approximate surface area is 83.3 Å². The number of hydrogen-bond acceptors (Lipinski definition) is 3. The molecule has 4 heteroatoms.